The molecular weight excluding hydrogens is 399 g/mol. The highest BCUT2D eigenvalue weighted by molar-refractivity contribution is 6.32. The number of halogens is 4. The summed E-state index contributed by atoms with van der Waals surface area (Å²) in [6, 6.07) is 7.07. The van der Waals surface area contributed by atoms with Gasteiger partial charge in [0.2, 0.25) is 0 Å². The lowest BCUT2D eigenvalue weighted by Crippen LogP contribution is -2.10. The molecule has 6 nitrogen and oxygen atoms in total. The first-order valence-corrected chi connectivity index (χ1v) is 8.60. The van der Waals surface area contributed by atoms with Crippen molar-refractivity contribution in [2.75, 3.05) is 5.43 Å². The van der Waals surface area contributed by atoms with Gasteiger partial charge in [0.05, 0.1) is 27.8 Å². The average Bonchev–Trinajstić information content (AvgIpc) is 2.62. The minimum Gasteiger partial charge on any atom is -0.489 e. The lowest BCUT2D eigenvalue weighted by atomic mass is 10.1. The van der Waals surface area contributed by atoms with E-state index in [1.165, 1.54) is 6.21 Å². The van der Waals surface area contributed by atoms with Gasteiger partial charge >= 0.3 is 6.18 Å². The number of anilines is 1. The van der Waals surface area contributed by atoms with E-state index in [-0.39, 0.29) is 11.8 Å². The Balaban J connectivity index is 2.16. The Hall–Kier alpha value is -2.81. The summed E-state index contributed by atoms with van der Waals surface area (Å²) in [5.74, 6) is 0.513. The summed E-state index contributed by atoms with van der Waals surface area (Å²) in [5.41, 5.74) is 0.939. The molecule has 0 saturated heterocycles. The highest BCUT2D eigenvalue weighted by Gasteiger charge is 2.33. The third-order valence-electron chi connectivity index (χ3n) is 3.78. The predicted octanol–water partition coefficient (Wildman–Crippen LogP) is 5.89. The highest BCUT2D eigenvalue weighted by Crippen LogP contribution is 2.35. The summed E-state index contributed by atoms with van der Waals surface area (Å²) in [5, 5.41) is 15.2. The lowest BCUT2D eigenvalue weighted by molar-refractivity contribution is -0.384. The van der Waals surface area contributed by atoms with Gasteiger partial charge in [0.1, 0.15) is 11.4 Å². The minimum atomic E-state index is -4.68. The first-order chi connectivity index (χ1) is 13.1. The van der Waals surface area contributed by atoms with E-state index >= 15 is 0 Å². The van der Waals surface area contributed by atoms with Crippen LogP contribution in [-0.4, -0.2) is 17.2 Å². The van der Waals surface area contributed by atoms with Crippen molar-refractivity contribution in [2.45, 2.75) is 32.5 Å². The fourth-order valence-corrected chi connectivity index (χ4v) is 2.36. The van der Waals surface area contributed by atoms with Crippen molar-refractivity contribution in [3.63, 3.8) is 0 Å². The summed E-state index contributed by atoms with van der Waals surface area (Å²) in [7, 11) is 0. The van der Waals surface area contributed by atoms with Crippen LogP contribution in [0.15, 0.2) is 41.5 Å². The van der Waals surface area contributed by atoms with Crippen LogP contribution in [0.25, 0.3) is 0 Å². The van der Waals surface area contributed by atoms with Gasteiger partial charge in [-0.05, 0) is 49.2 Å². The molecule has 2 aromatic carbocycles. The molecule has 2 rings (SSSR count). The summed E-state index contributed by atoms with van der Waals surface area (Å²) in [6.07, 6.45) is -2.53. The molecule has 1 N–H and O–H groups in total. The van der Waals surface area contributed by atoms with Gasteiger partial charge in [0.25, 0.3) is 5.69 Å². The molecule has 10 heteroatoms. The molecule has 0 aliphatic rings. The fourth-order valence-electron chi connectivity index (χ4n) is 2.12. The number of rotatable bonds is 7. The van der Waals surface area contributed by atoms with Crippen molar-refractivity contribution in [1.29, 1.82) is 0 Å². The van der Waals surface area contributed by atoms with Gasteiger partial charge in [-0.1, -0.05) is 18.5 Å². The molecule has 0 saturated carbocycles. The number of nitro groups is 1. The Morgan fingerprint density at radius 1 is 1.32 bits per heavy atom. The van der Waals surface area contributed by atoms with Crippen LogP contribution in [0, 0.1) is 10.1 Å². The van der Waals surface area contributed by atoms with Crippen LogP contribution in [0.5, 0.6) is 5.75 Å². The van der Waals surface area contributed by atoms with E-state index in [0.717, 1.165) is 18.6 Å². The van der Waals surface area contributed by atoms with Crippen LogP contribution in [-0.2, 0) is 6.18 Å². The van der Waals surface area contributed by atoms with Crippen LogP contribution in [0.1, 0.15) is 31.4 Å². The number of hydrogen-bond acceptors (Lipinski definition) is 5. The van der Waals surface area contributed by atoms with Crippen LogP contribution in [0.4, 0.5) is 24.5 Å². The Morgan fingerprint density at radius 3 is 2.61 bits per heavy atom. The smallest absolute Gasteiger partial charge is 0.416 e. The highest BCUT2D eigenvalue weighted by atomic mass is 35.5. The van der Waals surface area contributed by atoms with Crippen LogP contribution in [0.2, 0.25) is 5.02 Å². The van der Waals surface area contributed by atoms with E-state index in [4.69, 9.17) is 16.3 Å². The molecule has 0 fully saturated rings. The second-order valence-electron chi connectivity index (χ2n) is 5.88. The third-order valence-corrected chi connectivity index (χ3v) is 4.07. The predicted molar refractivity (Wildman–Crippen MR) is 101 cm³/mol. The maximum atomic E-state index is 12.7. The molecule has 1 atom stereocenters. The normalized spacial score (nSPS) is 12.8. The number of ether oxygens (including phenoxy) is 1. The second kappa shape index (κ2) is 8.92. The van der Waals surface area contributed by atoms with Gasteiger partial charge in [-0.2, -0.15) is 18.3 Å². The van der Waals surface area contributed by atoms with Gasteiger partial charge in [-0.15, -0.1) is 0 Å². The molecule has 0 aliphatic carbocycles. The largest absolute Gasteiger partial charge is 0.489 e. The van der Waals surface area contributed by atoms with Crippen molar-refractivity contribution in [1.82, 2.24) is 0 Å². The molecule has 2 aromatic rings. The number of nitrogens with one attached hydrogen (secondary N) is 1. The first-order valence-electron chi connectivity index (χ1n) is 8.22. The van der Waals surface area contributed by atoms with Gasteiger partial charge in [-0.25, -0.2) is 0 Å². The molecule has 28 heavy (non-hydrogen) atoms. The van der Waals surface area contributed by atoms with E-state index < -0.39 is 22.4 Å². The number of nitro benzene ring substituents is 1. The molecule has 0 bridgehead atoms. The van der Waals surface area contributed by atoms with E-state index in [1.54, 1.807) is 18.2 Å². The van der Waals surface area contributed by atoms with Gasteiger partial charge in [-0.3, -0.25) is 15.5 Å². The Bertz CT molecular complexity index is 888. The fraction of sp³-hybridized carbons (Fsp3) is 0.278. The molecular formula is C18H17ClF3N3O3. The van der Waals surface area contributed by atoms with E-state index in [2.05, 4.69) is 10.5 Å². The number of alkyl halides is 3. The molecule has 0 heterocycles. The zero-order valence-corrected chi connectivity index (χ0v) is 15.7. The Kier molecular flexibility index (Phi) is 6.85. The SMILES string of the molecule is CC[C@@H](C)Oc1ccc(/C=N\Nc2ccc(C(F)(F)F)cc2[N+](=O)[O-])cc1Cl. The molecule has 0 aliphatic heterocycles. The Morgan fingerprint density at radius 2 is 2.04 bits per heavy atom. The number of benzene rings is 2. The quantitative estimate of drug-likeness (QED) is 0.347. The van der Waals surface area contributed by atoms with E-state index in [1.807, 2.05) is 13.8 Å². The second-order valence-corrected chi connectivity index (χ2v) is 6.29. The lowest BCUT2D eigenvalue weighted by Gasteiger charge is -2.13. The number of nitrogens with zero attached hydrogens (tertiary/aromatic N) is 2. The topological polar surface area (TPSA) is 76.8 Å². The van der Waals surface area contributed by atoms with Crippen molar-refractivity contribution < 1.29 is 22.8 Å². The Labute approximate surface area is 164 Å². The molecule has 0 amide bonds. The van der Waals surface area contributed by atoms with Crippen molar-refractivity contribution >= 4 is 29.2 Å². The summed E-state index contributed by atoms with van der Waals surface area (Å²) < 4.78 is 43.8. The maximum Gasteiger partial charge on any atom is 0.416 e. The monoisotopic (exact) mass is 415 g/mol. The first kappa shape index (κ1) is 21.5. The molecule has 0 unspecified atom stereocenters. The van der Waals surface area contributed by atoms with Crippen molar-refractivity contribution in [2.24, 2.45) is 5.10 Å². The summed E-state index contributed by atoms with van der Waals surface area (Å²) in [6.45, 7) is 3.89. The van der Waals surface area contributed by atoms with E-state index in [9.17, 15) is 23.3 Å². The van der Waals surface area contributed by atoms with Crippen LogP contribution >= 0.6 is 11.6 Å². The van der Waals surface area contributed by atoms with Crippen molar-refractivity contribution in [3.05, 3.63) is 62.7 Å². The average molecular weight is 416 g/mol. The van der Waals surface area contributed by atoms with Gasteiger partial charge < -0.3 is 4.74 Å². The standard InChI is InChI=1S/C18H17ClF3N3O3/c1-3-11(2)28-17-7-4-12(8-14(17)19)10-23-24-15-6-5-13(18(20,21)22)9-16(15)25(26)27/h4-11,24H,3H2,1-2H3/b23-10-/t11-/m1/s1. The number of hydrazone groups is 1. The molecule has 0 aromatic heterocycles. The van der Waals surface area contributed by atoms with Crippen LogP contribution < -0.4 is 10.2 Å². The summed E-state index contributed by atoms with van der Waals surface area (Å²) in [4.78, 5) is 10.1. The van der Waals surface area contributed by atoms with Crippen LogP contribution in [0.3, 0.4) is 0 Å². The zero-order chi connectivity index (χ0) is 20.9. The third kappa shape index (κ3) is 5.59. The minimum absolute atomic E-state index is 0.00102. The molecule has 0 radical (unpaired) electrons. The maximum absolute atomic E-state index is 12.7. The zero-order valence-electron chi connectivity index (χ0n) is 15.0. The summed E-state index contributed by atoms with van der Waals surface area (Å²) >= 11 is 6.15. The van der Waals surface area contributed by atoms with Crippen molar-refractivity contribution in [3.8, 4) is 5.75 Å². The van der Waals surface area contributed by atoms with E-state index in [0.29, 0.717) is 22.4 Å². The molecule has 0 spiro atoms. The molecule has 150 valence electrons. The van der Waals surface area contributed by atoms with Gasteiger partial charge in [0, 0.05) is 6.07 Å². The van der Waals surface area contributed by atoms with Gasteiger partial charge in [0.15, 0.2) is 0 Å². The number of hydrogen-bond donors (Lipinski definition) is 1.